The first kappa shape index (κ1) is 22.1. The molecule has 1 saturated heterocycles. The topological polar surface area (TPSA) is 41.9 Å². The van der Waals surface area contributed by atoms with Crippen LogP contribution in [0.15, 0.2) is 36.4 Å². The molecule has 2 heterocycles. The Balaban J connectivity index is 1.52. The number of piperidine rings is 1. The quantitative estimate of drug-likeness (QED) is 0.718. The van der Waals surface area contributed by atoms with Crippen molar-refractivity contribution in [1.82, 2.24) is 4.90 Å². The Morgan fingerprint density at radius 2 is 1.87 bits per heavy atom. The summed E-state index contributed by atoms with van der Waals surface area (Å²) in [5, 5.41) is 10.9. The Labute approximate surface area is 185 Å². The van der Waals surface area contributed by atoms with Crippen molar-refractivity contribution in [3.63, 3.8) is 0 Å². The van der Waals surface area contributed by atoms with Crippen molar-refractivity contribution >= 4 is 0 Å². The van der Waals surface area contributed by atoms with E-state index in [-0.39, 0.29) is 23.4 Å². The standard InChI is InChI=1S/C26H34FNO3/c1-26(2,3)14-19-15-28-10-9-18-11-25(31-16-17-5-7-20(27)8-6-17)24(30-4)12-21(18)22(28)13-23(19)29/h5-8,11-12,19,22-23,29H,9-10,13-16H2,1-4H3/t19-,22-,23-/m1/s1. The monoisotopic (exact) mass is 427 g/mol. The van der Waals surface area contributed by atoms with Crippen molar-refractivity contribution in [1.29, 1.82) is 0 Å². The maximum absolute atomic E-state index is 13.1. The molecule has 2 aliphatic rings. The molecule has 0 radical (unpaired) electrons. The minimum atomic E-state index is -0.285. The van der Waals surface area contributed by atoms with Crippen LogP contribution in [0, 0.1) is 17.2 Å². The van der Waals surface area contributed by atoms with Gasteiger partial charge in [0.05, 0.1) is 13.2 Å². The van der Waals surface area contributed by atoms with Crippen LogP contribution in [0.1, 0.15) is 56.3 Å². The largest absolute Gasteiger partial charge is 0.493 e. The summed E-state index contributed by atoms with van der Waals surface area (Å²) < 4.78 is 24.8. The van der Waals surface area contributed by atoms with Gasteiger partial charge in [-0.2, -0.15) is 0 Å². The first-order valence-corrected chi connectivity index (χ1v) is 11.2. The van der Waals surface area contributed by atoms with Gasteiger partial charge in [0.2, 0.25) is 0 Å². The number of nitrogens with zero attached hydrogens (tertiary/aromatic N) is 1. The van der Waals surface area contributed by atoms with E-state index in [0.29, 0.717) is 24.0 Å². The summed E-state index contributed by atoms with van der Waals surface area (Å²) in [6.45, 7) is 9.03. The van der Waals surface area contributed by atoms with Crippen molar-refractivity contribution in [2.75, 3.05) is 20.2 Å². The highest BCUT2D eigenvalue weighted by Gasteiger charge is 2.39. The lowest BCUT2D eigenvalue weighted by atomic mass is 9.75. The van der Waals surface area contributed by atoms with Gasteiger partial charge in [0.1, 0.15) is 12.4 Å². The second kappa shape index (κ2) is 8.79. The minimum absolute atomic E-state index is 0.214. The number of fused-ring (bicyclic) bond motifs is 3. The molecule has 1 fully saturated rings. The lowest BCUT2D eigenvalue weighted by Gasteiger charge is -2.47. The summed E-state index contributed by atoms with van der Waals surface area (Å²) in [5.74, 6) is 1.48. The van der Waals surface area contributed by atoms with Crippen LogP contribution >= 0.6 is 0 Å². The average molecular weight is 428 g/mol. The molecule has 2 aromatic carbocycles. The highest BCUT2D eigenvalue weighted by molar-refractivity contribution is 5.50. The molecule has 0 amide bonds. The summed E-state index contributed by atoms with van der Waals surface area (Å²) in [4.78, 5) is 2.53. The second-order valence-corrected chi connectivity index (χ2v) is 10.2. The second-order valence-electron chi connectivity index (χ2n) is 10.2. The van der Waals surface area contributed by atoms with Crippen molar-refractivity contribution < 1.29 is 19.0 Å². The third-order valence-electron chi connectivity index (χ3n) is 6.55. The van der Waals surface area contributed by atoms with Gasteiger partial charge in [-0.3, -0.25) is 4.90 Å². The number of ether oxygens (including phenoxy) is 2. The molecule has 0 spiro atoms. The first-order valence-electron chi connectivity index (χ1n) is 11.2. The number of aliphatic hydroxyl groups excluding tert-OH is 1. The Bertz CT molecular complexity index is 906. The van der Waals surface area contributed by atoms with Gasteiger partial charge in [-0.25, -0.2) is 4.39 Å². The number of hydrogen-bond acceptors (Lipinski definition) is 4. The maximum atomic E-state index is 13.1. The highest BCUT2D eigenvalue weighted by atomic mass is 19.1. The summed E-state index contributed by atoms with van der Waals surface area (Å²) in [7, 11) is 1.65. The fraction of sp³-hybridized carbons (Fsp3) is 0.538. The molecule has 0 bridgehead atoms. The van der Waals surface area contributed by atoms with E-state index in [1.807, 2.05) is 0 Å². The number of hydrogen-bond donors (Lipinski definition) is 1. The van der Waals surface area contributed by atoms with Gasteiger partial charge in [-0.1, -0.05) is 32.9 Å². The zero-order chi connectivity index (χ0) is 22.2. The number of methoxy groups -OCH3 is 1. The van der Waals surface area contributed by atoms with Crippen LogP contribution in [-0.4, -0.2) is 36.3 Å². The smallest absolute Gasteiger partial charge is 0.161 e. The molecule has 2 aromatic rings. The Hall–Kier alpha value is -2.11. The lowest BCUT2D eigenvalue weighted by molar-refractivity contribution is -0.0259. The van der Waals surface area contributed by atoms with Crippen molar-refractivity contribution in [3.8, 4) is 11.5 Å². The molecule has 2 aliphatic heterocycles. The van der Waals surface area contributed by atoms with E-state index in [1.54, 1.807) is 19.2 Å². The van der Waals surface area contributed by atoms with Crippen LogP contribution in [0.3, 0.4) is 0 Å². The van der Waals surface area contributed by atoms with Crippen LogP contribution in [-0.2, 0) is 13.0 Å². The molecule has 3 atom stereocenters. The third kappa shape index (κ3) is 5.04. The van der Waals surface area contributed by atoms with Crippen molar-refractivity contribution in [2.45, 2.75) is 58.8 Å². The fourth-order valence-corrected chi connectivity index (χ4v) is 5.10. The Morgan fingerprint density at radius 1 is 1.13 bits per heavy atom. The van der Waals surface area contributed by atoms with E-state index in [2.05, 4.69) is 37.8 Å². The molecule has 0 aromatic heterocycles. The minimum Gasteiger partial charge on any atom is -0.493 e. The summed E-state index contributed by atoms with van der Waals surface area (Å²) in [6, 6.07) is 10.7. The van der Waals surface area contributed by atoms with Crippen LogP contribution in [0.25, 0.3) is 0 Å². The van der Waals surface area contributed by atoms with Gasteiger partial charge in [-0.15, -0.1) is 0 Å². The van der Waals surface area contributed by atoms with Crippen molar-refractivity contribution in [2.24, 2.45) is 11.3 Å². The van der Waals surface area contributed by atoms with Gasteiger partial charge in [0, 0.05) is 19.1 Å². The maximum Gasteiger partial charge on any atom is 0.161 e. The predicted molar refractivity (Wildman–Crippen MR) is 120 cm³/mol. The predicted octanol–water partition coefficient (Wildman–Crippen LogP) is 5.13. The number of benzene rings is 2. The number of aliphatic hydroxyl groups is 1. The molecular formula is C26H34FNO3. The Kier molecular flexibility index (Phi) is 6.27. The number of rotatable bonds is 5. The van der Waals surface area contributed by atoms with Gasteiger partial charge in [-0.05, 0) is 71.6 Å². The molecule has 5 heteroatoms. The molecule has 0 unspecified atom stereocenters. The van der Waals surface area contributed by atoms with Crippen LogP contribution in [0.4, 0.5) is 4.39 Å². The van der Waals surface area contributed by atoms with Gasteiger partial charge < -0.3 is 14.6 Å². The molecule has 168 valence electrons. The Morgan fingerprint density at radius 3 is 2.55 bits per heavy atom. The van der Waals surface area contributed by atoms with E-state index in [1.165, 1.54) is 23.3 Å². The molecule has 4 nitrogen and oxygen atoms in total. The van der Waals surface area contributed by atoms with E-state index < -0.39 is 0 Å². The lowest BCUT2D eigenvalue weighted by Crippen LogP contribution is -2.48. The van der Waals surface area contributed by atoms with Crippen LogP contribution < -0.4 is 9.47 Å². The van der Waals surface area contributed by atoms with Gasteiger partial charge in [0.15, 0.2) is 11.5 Å². The van der Waals surface area contributed by atoms with Crippen LogP contribution in [0.5, 0.6) is 11.5 Å². The van der Waals surface area contributed by atoms with E-state index in [9.17, 15) is 9.50 Å². The third-order valence-corrected chi connectivity index (χ3v) is 6.55. The first-order chi connectivity index (χ1) is 14.7. The average Bonchev–Trinajstić information content (AvgIpc) is 2.72. The van der Waals surface area contributed by atoms with Crippen LogP contribution in [0.2, 0.25) is 0 Å². The van der Waals surface area contributed by atoms with Gasteiger partial charge >= 0.3 is 0 Å². The molecule has 0 aliphatic carbocycles. The summed E-state index contributed by atoms with van der Waals surface area (Å²) >= 11 is 0. The van der Waals surface area contributed by atoms with E-state index in [0.717, 1.165) is 37.9 Å². The molecule has 4 rings (SSSR count). The normalized spacial score (nSPS) is 23.7. The molecular weight excluding hydrogens is 393 g/mol. The van der Waals surface area contributed by atoms with Gasteiger partial charge in [0.25, 0.3) is 0 Å². The van der Waals surface area contributed by atoms with E-state index >= 15 is 0 Å². The zero-order valence-electron chi connectivity index (χ0n) is 19.0. The molecule has 0 saturated carbocycles. The SMILES string of the molecule is COc1cc2c(cc1OCc1ccc(F)cc1)CCN1C[C@@H](CC(C)(C)C)[C@H](O)C[C@H]21. The van der Waals surface area contributed by atoms with Crippen molar-refractivity contribution in [3.05, 3.63) is 58.9 Å². The number of halogens is 1. The summed E-state index contributed by atoms with van der Waals surface area (Å²) in [5.41, 5.74) is 3.63. The highest BCUT2D eigenvalue weighted by Crippen LogP contribution is 2.44. The van der Waals surface area contributed by atoms with E-state index in [4.69, 9.17) is 9.47 Å². The molecule has 31 heavy (non-hydrogen) atoms. The summed E-state index contributed by atoms with van der Waals surface area (Å²) in [6.07, 6.45) is 2.46. The fourth-order valence-electron chi connectivity index (χ4n) is 5.10. The molecule has 1 N–H and O–H groups in total. The zero-order valence-corrected chi connectivity index (χ0v) is 19.0.